The quantitative estimate of drug-likeness (QED) is 0.276. The fourth-order valence-electron chi connectivity index (χ4n) is 3.02. The molecule has 0 saturated heterocycles. The summed E-state index contributed by atoms with van der Waals surface area (Å²) in [4.78, 5) is 6.10. The van der Waals surface area contributed by atoms with Crippen molar-refractivity contribution in [2.24, 2.45) is 0 Å². The molecule has 8 heteroatoms. The van der Waals surface area contributed by atoms with Gasteiger partial charge in [0.15, 0.2) is 11.0 Å². The minimum absolute atomic E-state index is 0.731. The van der Waals surface area contributed by atoms with Crippen molar-refractivity contribution in [1.29, 1.82) is 0 Å². The van der Waals surface area contributed by atoms with Crippen molar-refractivity contribution in [1.82, 2.24) is 19.7 Å². The summed E-state index contributed by atoms with van der Waals surface area (Å²) in [5.74, 6) is 1.72. The zero-order valence-electron chi connectivity index (χ0n) is 16.5. The highest BCUT2D eigenvalue weighted by atomic mass is 35.5. The number of thioether (sulfide) groups is 1. The van der Waals surface area contributed by atoms with Crippen LogP contribution in [0.15, 0.2) is 40.2 Å². The maximum Gasteiger partial charge on any atom is 0.191 e. The van der Waals surface area contributed by atoms with Gasteiger partial charge in [-0.25, -0.2) is 4.98 Å². The second-order valence-corrected chi connectivity index (χ2v) is 9.99. The number of aromatic nitrogens is 4. The van der Waals surface area contributed by atoms with Gasteiger partial charge in [0, 0.05) is 39.1 Å². The van der Waals surface area contributed by atoms with Crippen LogP contribution in [0, 0.1) is 13.8 Å². The number of hydrogen-bond acceptors (Lipinski definition) is 6. The largest absolute Gasteiger partial charge is 0.302 e. The van der Waals surface area contributed by atoms with Crippen molar-refractivity contribution in [3.05, 3.63) is 56.2 Å². The van der Waals surface area contributed by atoms with Crippen molar-refractivity contribution in [3.8, 4) is 22.0 Å². The molecule has 0 unspecified atom stereocenters. The molecule has 0 spiro atoms. The molecule has 0 fully saturated rings. The molecule has 3 heterocycles. The fourth-order valence-corrected chi connectivity index (χ4v) is 5.99. The molecule has 0 amide bonds. The van der Waals surface area contributed by atoms with Crippen LogP contribution in [0.1, 0.15) is 29.5 Å². The van der Waals surface area contributed by atoms with Crippen LogP contribution in [0.25, 0.3) is 22.0 Å². The number of halogens is 1. The van der Waals surface area contributed by atoms with Gasteiger partial charge in [-0.3, -0.25) is 0 Å². The van der Waals surface area contributed by atoms with Crippen molar-refractivity contribution < 1.29 is 0 Å². The molecule has 1 aromatic carbocycles. The zero-order valence-corrected chi connectivity index (χ0v) is 19.7. The topological polar surface area (TPSA) is 43.6 Å². The van der Waals surface area contributed by atoms with Gasteiger partial charge in [-0.1, -0.05) is 48.5 Å². The van der Waals surface area contributed by atoms with Crippen molar-refractivity contribution in [3.63, 3.8) is 0 Å². The number of nitrogens with zero attached hydrogens (tertiary/aromatic N) is 4. The van der Waals surface area contributed by atoms with E-state index in [1.807, 2.05) is 24.3 Å². The average Bonchev–Trinajstić information content (AvgIpc) is 3.42. The van der Waals surface area contributed by atoms with Gasteiger partial charge < -0.3 is 4.57 Å². The molecule has 3 aromatic heterocycles. The maximum atomic E-state index is 6.31. The Kier molecular flexibility index (Phi) is 6.39. The molecule has 0 aliphatic rings. The third-order valence-corrected chi connectivity index (χ3v) is 7.96. The first-order valence-electron chi connectivity index (χ1n) is 9.38. The normalized spacial score (nSPS) is 11.3. The first kappa shape index (κ1) is 20.6. The van der Waals surface area contributed by atoms with Crippen LogP contribution in [0.2, 0.25) is 5.02 Å². The monoisotopic (exact) mass is 460 g/mol. The molecule has 0 radical (unpaired) electrons. The Morgan fingerprint density at radius 3 is 2.62 bits per heavy atom. The highest BCUT2D eigenvalue weighted by molar-refractivity contribution is 7.98. The second-order valence-electron chi connectivity index (χ2n) is 6.70. The summed E-state index contributed by atoms with van der Waals surface area (Å²) in [6, 6.07) is 7.83. The van der Waals surface area contributed by atoms with Gasteiger partial charge in [0.25, 0.3) is 0 Å². The van der Waals surface area contributed by atoms with Gasteiger partial charge in [0.05, 0.1) is 10.7 Å². The summed E-state index contributed by atoms with van der Waals surface area (Å²) in [7, 11) is 0. The average molecular weight is 461 g/mol. The number of aryl methyl sites for hydroxylation is 1. The Labute approximate surface area is 188 Å². The predicted molar refractivity (Wildman–Crippen MR) is 125 cm³/mol. The van der Waals surface area contributed by atoms with Crippen molar-refractivity contribution in [2.75, 3.05) is 0 Å². The molecular formula is C21H21ClN4S3. The molecule has 4 aromatic rings. The van der Waals surface area contributed by atoms with Crippen LogP contribution in [0.5, 0.6) is 0 Å². The van der Waals surface area contributed by atoms with E-state index < -0.39 is 0 Å². The Bertz CT molecular complexity index is 1130. The number of rotatable bonds is 7. The lowest BCUT2D eigenvalue weighted by atomic mass is 10.1. The van der Waals surface area contributed by atoms with E-state index in [1.165, 1.54) is 16.0 Å². The van der Waals surface area contributed by atoms with Gasteiger partial charge >= 0.3 is 0 Å². The van der Waals surface area contributed by atoms with Crippen molar-refractivity contribution >= 4 is 46.0 Å². The lowest BCUT2D eigenvalue weighted by Gasteiger charge is -2.08. The van der Waals surface area contributed by atoms with Gasteiger partial charge in [0.1, 0.15) is 5.01 Å². The first-order chi connectivity index (χ1) is 14.1. The lowest BCUT2D eigenvalue weighted by Crippen LogP contribution is -2.02. The van der Waals surface area contributed by atoms with Gasteiger partial charge in [-0.05, 0) is 31.9 Å². The smallest absolute Gasteiger partial charge is 0.191 e. The van der Waals surface area contributed by atoms with Gasteiger partial charge in [0.2, 0.25) is 0 Å². The van der Waals surface area contributed by atoms with Crippen molar-refractivity contribution in [2.45, 2.75) is 44.6 Å². The van der Waals surface area contributed by atoms with Crippen LogP contribution in [0.3, 0.4) is 0 Å². The highest BCUT2D eigenvalue weighted by Gasteiger charge is 2.18. The number of benzene rings is 1. The van der Waals surface area contributed by atoms with E-state index in [0.717, 1.165) is 51.0 Å². The Balaban J connectivity index is 1.55. The van der Waals surface area contributed by atoms with E-state index in [0.29, 0.717) is 0 Å². The Morgan fingerprint density at radius 1 is 1.07 bits per heavy atom. The van der Waals surface area contributed by atoms with Crippen LogP contribution in [-0.2, 0) is 12.3 Å². The van der Waals surface area contributed by atoms with E-state index >= 15 is 0 Å². The first-order valence-corrected chi connectivity index (χ1v) is 12.5. The summed E-state index contributed by atoms with van der Waals surface area (Å²) in [5, 5.41) is 15.9. The molecule has 4 nitrogen and oxygen atoms in total. The Hall–Kier alpha value is -1.67. The van der Waals surface area contributed by atoms with E-state index in [2.05, 4.69) is 46.3 Å². The van der Waals surface area contributed by atoms with Gasteiger partial charge in [-0.15, -0.1) is 32.9 Å². The summed E-state index contributed by atoms with van der Waals surface area (Å²) < 4.78 is 2.24. The molecule has 0 aliphatic carbocycles. The molecule has 0 N–H and O–H groups in total. The fraction of sp³-hybridized carbons (Fsp3) is 0.286. The third-order valence-electron chi connectivity index (χ3n) is 4.70. The minimum atomic E-state index is 0.731. The van der Waals surface area contributed by atoms with E-state index in [-0.39, 0.29) is 0 Å². The van der Waals surface area contributed by atoms with Crippen LogP contribution < -0.4 is 0 Å². The molecule has 150 valence electrons. The summed E-state index contributed by atoms with van der Waals surface area (Å²) in [5.41, 5.74) is 4.50. The third kappa shape index (κ3) is 4.28. The lowest BCUT2D eigenvalue weighted by molar-refractivity contribution is 0.626. The van der Waals surface area contributed by atoms with Crippen LogP contribution in [0.4, 0.5) is 0 Å². The van der Waals surface area contributed by atoms with Crippen LogP contribution in [-0.4, -0.2) is 19.7 Å². The molecular weight excluding hydrogens is 440 g/mol. The molecule has 0 aliphatic heterocycles. The molecule has 0 bridgehead atoms. The molecule has 4 rings (SSSR count). The SMILES string of the molecule is CCCn1c(SCc2csc(-c3ccccc3Cl)n2)nnc1-c1csc(C)c1C. The number of hydrogen-bond donors (Lipinski definition) is 0. The summed E-state index contributed by atoms with van der Waals surface area (Å²) in [6.45, 7) is 7.39. The predicted octanol–water partition coefficient (Wildman–Crippen LogP) is 7.10. The second kappa shape index (κ2) is 9.00. The molecule has 0 atom stereocenters. The van der Waals surface area contributed by atoms with E-state index in [9.17, 15) is 0 Å². The zero-order chi connectivity index (χ0) is 20.4. The van der Waals surface area contributed by atoms with Crippen LogP contribution >= 0.6 is 46.0 Å². The maximum absolute atomic E-state index is 6.31. The highest BCUT2D eigenvalue weighted by Crippen LogP contribution is 2.34. The summed E-state index contributed by atoms with van der Waals surface area (Å²) in [6.07, 6.45) is 1.04. The minimum Gasteiger partial charge on any atom is -0.302 e. The molecule has 0 saturated carbocycles. The molecule has 29 heavy (non-hydrogen) atoms. The Morgan fingerprint density at radius 2 is 1.90 bits per heavy atom. The standard InChI is InChI=1S/C21H21ClN4S3/c1-4-9-26-19(17-12-27-14(3)13(17)2)24-25-21(26)29-11-15-10-28-20(23-15)16-7-5-6-8-18(16)22/h5-8,10,12H,4,9,11H2,1-3H3. The van der Waals surface area contributed by atoms with E-state index in [1.54, 1.807) is 34.4 Å². The summed E-state index contributed by atoms with van der Waals surface area (Å²) >= 11 is 11.4. The van der Waals surface area contributed by atoms with E-state index in [4.69, 9.17) is 16.6 Å². The number of thiophene rings is 1. The van der Waals surface area contributed by atoms with Gasteiger partial charge in [-0.2, -0.15) is 0 Å². The number of thiazole rings is 1.